The van der Waals surface area contributed by atoms with E-state index in [0.29, 0.717) is 25.3 Å². The van der Waals surface area contributed by atoms with Crippen LogP contribution in [0.3, 0.4) is 0 Å². The third kappa shape index (κ3) is 9.21. The van der Waals surface area contributed by atoms with E-state index in [0.717, 1.165) is 70.6 Å². The number of hydrogen-bond acceptors (Lipinski definition) is 8. The summed E-state index contributed by atoms with van der Waals surface area (Å²) in [6.07, 6.45) is 14.6. The van der Waals surface area contributed by atoms with Crippen molar-refractivity contribution in [1.29, 1.82) is 0 Å². The highest BCUT2D eigenvalue weighted by Crippen LogP contribution is 2.44. The van der Waals surface area contributed by atoms with Gasteiger partial charge < -0.3 is 15.3 Å². The van der Waals surface area contributed by atoms with Crippen molar-refractivity contribution in [3.05, 3.63) is 24.3 Å². The van der Waals surface area contributed by atoms with Crippen LogP contribution in [0.5, 0.6) is 0 Å². The molecular formula is C39H58N4O6. The molecule has 1 aromatic rings. The molecular weight excluding hydrogens is 620 g/mol. The summed E-state index contributed by atoms with van der Waals surface area (Å²) in [5.41, 5.74) is -0.439. The van der Waals surface area contributed by atoms with Crippen LogP contribution < -0.4 is 5.32 Å². The van der Waals surface area contributed by atoms with Crippen LogP contribution in [0.15, 0.2) is 18.6 Å². The molecule has 0 aromatic carbocycles. The first-order chi connectivity index (χ1) is 23.4. The van der Waals surface area contributed by atoms with Gasteiger partial charge in [0.1, 0.15) is 17.8 Å². The lowest BCUT2D eigenvalue weighted by molar-refractivity contribution is -0.145. The zero-order chi connectivity index (χ0) is 35.3. The van der Waals surface area contributed by atoms with Crippen molar-refractivity contribution >= 4 is 29.2 Å². The fourth-order valence-corrected chi connectivity index (χ4v) is 8.88. The molecule has 1 aliphatic heterocycles. The summed E-state index contributed by atoms with van der Waals surface area (Å²) in [5.74, 6) is -1.53. The lowest BCUT2D eigenvalue weighted by Crippen LogP contribution is -2.58. The Morgan fingerprint density at radius 1 is 0.959 bits per heavy atom. The number of carbonyl (C=O) groups is 5. The minimum Gasteiger partial charge on any atom is -0.385 e. The highest BCUT2D eigenvalue weighted by molar-refractivity contribution is 5.98. The molecule has 0 radical (unpaired) electrons. The summed E-state index contributed by atoms with van der Waals surface area (Å²) in [4.78, 5) is 79.3. The van der Waals surface area contributed by atoms with Crippen molar-refractivity contribution in [2.24, 2.45) is 40.9 Å². The van der Waals surface area contributed by atoms with Gasteiger partial charge in [0, 0.05) is 44.1 Å². The number of ketones is 3. The van der Waals surface area contributed by atoms with E-state index >= 15 is 0 Å². The summed E-state index contributed by atoms with van der Waals surface area (Å²) in [6.45, 7) is 8.21. The molecule has 7 atom stereocenters. The molecule has 4 aliphatic rings. The second kappa shape index (κ2) is 16.3. The van der Waals surface area contributed by atoms with Gasteiger partial charge in [0.05, 0.1) is 12.2 Å². The molecule has 2 heterocycles. The van der Waals surface area contributed by atoms with Crippen LogP contribution >= 0.6 is 0 Å². The van der Waals surface area contributed by atoms with Crippen LogP contribution in [-0.2, 0) is 19.2 Å². The molecule has 2 amide bonds. The Bertz CT molecular complexity index is 1330. The number of aliphatic hydroxyl groups is 1. The molecule has 1 unspecified atom stereocenters. The summed E-state index contributed by atoms with van der Waals surface area (Å²) in [6, 6.07) is -1.54. The SMILES string of the molecule is CCC[C@H](CC(=O)[C@@H]1[C@H]2CCC[C@H]2CN1C(=O)[C@@H](NC(=O)[C@@H](CC(=O)c1cnccn1)C1CCCCC1)C(C)(C)C)C(O)C(=O)CC1CC1. The molecule has 49 heavy (non-hydrogen) atoms. The quantitative estimate of drug-likeness (QED) is 0.218. The van der Waals surface area contributed by atoms with Crippen molar-refractivity contribution in [3.63, 3.8) is 0 Å². The Morgan fingerprint density at radius 2 is 1.69 bits per heavy atom. The fourth-order valence-electron chi connectivity index (χ4n) is 8.88. The average molecular weight is 679 g/mol. The number of carbonyl (C=O) groups excluding carboxylic acids is 5. The highest BCUT2D eigenvalue weighted by atomic mass is 16.3. The van der Waals surface area contributed by atoms with Gasteiger partial charge in [0.15, 0.2) is 17.3 Å². The van der Waals surface area contributed by atoms with Crippen molar-refractivity contribution in [2.45, 2.75) is 142 Å². The Balaban J connectivity index is 1.35. The molecule has 3 saturated carbocycles. The molecule has 10 heteroatoms. The van der Waals surface area contributed by atoms with Crippen LogP contribution in [0.4, 0.5) is 0 Å². The number of nitrogens with zero attached hydrogens (tertiary/aromatic N) is 3. The van der Waals surface area contributed by atoms with E-state index in [1.54, 1.807) is 4.90 Å². The monoisotopic (exact) mass is 678 g/mol. The Hall–Kier alpha value is -3.01. The van der Waals surface area contributed by atoms with Crippen molar-refractivity contribution in [1.82, 2.24) is 20.2 Å². The van der Waals surface area contributed by atoms with Gasteiger partial charge in [0.25, 0.3) is 0 Å². The smallest absolute Gasteiger partial charge is 0.246 e. The van der Waals surface area contributed by atoms with Crippen molar-refractivity contribution < 1.29 is 29.1 Å². The molecule has 10 nitrogen and oxygen atoms in total. The van der Waals surface area contributed by atoms with E-state index in [2.05, 4.69) is 15.3 Å². The molecule has 3 aliphatic carbocycles. The van der Waals surface area contributed by atoms with E-state index in [9.17, 15) is 29.1 Å². The maximum Gasteiger partial charge on any atom is 0.246 e. The zero-order valence-corrected chi connectivity index (χ0v) is 30.1. The number of Topliss-reactive ketones (excluding diaryl/α,β-unsaturated/α-hetero) is 3. The van der Waals surface area contributed by atoms with Gasteiger partial charge >= 0.3 is 0 Å². The minimum absolute atomic E-state index is 0.00414. The summed E-state index contributed by atoms with van der Waals surface area (Å²) < 4.78 is 0. The Kier molecular flexibility index (Phi) is 12.4. The van der Waals surface area contributed by atoms with Crippen LogP contribution in [0.25, 0.3) is 0 Å². The van der Waals surface area contributed by atoms with Crippen molar-refractivity contribution in [2.75, 3.05) is 6.54 Å². The summed E-state index contributed by atoms with van der Waals surface area (Å²) >= 11 is 0. The van der Waals surface area contributed by atoms with Gasteiger partial charge in [-0.25, -0.2) is 4.98 Å². The van der Waals surface area contributed by atoms with E-state index < -0.39 is 35.4 Å². The van der Waals surface area contributed by atoms with Gasteiger partial charge in [-0.15, -0.1) is 0 Å². The van der Waals surface area contributed by atoms with E-state index in [-0.39, 0.29) is 65.5 Å². The van der Waals surface area contributed by atoms with E-state index in [4.69, 9.17) is 0 Å². The number of aliphatic hydroxyl groups excluding tert-OH is 1. The number of nitrogens with one attached hydrogen (secondary N) is 1. The molecule has 1 aromatic heterocycles. The first-order valence-electron chi connectivity index (χ1n) is 19.0. The molecule has 270 valence electrons. The number of hydrogen-bond donors (Lipinski definition) is 2. The number of amides is 2. The van der Waals surface area contributed by atoms with Crippen LogP contribution in [0, 0.1) is 40.9 Å². The third-order valence-electron chi connectivity index (χ3n) is 11.8. The van der Waals surface area contributed by atoms with Gasteiger partial charge in [-0.05, 0) is 80.0 Å². The van der Waals surface area contributed by atoms with E-state index in [1.165, 1.54) is 18.6 Å². The first kappa shape index (κ1) is 37.3. The summed E-state index contributed by atoms with van der Waals surface area (Å²) in [7, 11) is 0. The minimum atomic E-state index is -1.17. The Labute approximate surface area is 292 Å². The van der Waals surface area contributed by atoms with Crippen LogP contribution in [-0.4, -0.2) is 73.9 Å². The topological polar surface area (TPSA) is 147 Å². The van der Waals surface area contributed by atoms with E-state index in [1.807, 2.05) is 27.7 Å². The highest BCUT2D eigenvalue weighted by Gasteiger charge is 2.52. The first-order valence-corrected chi connectivity index (χ1v) is 19.0. The molecule has 5 rings (SSSR count). The van der Waals surface area contributed by atoms with Crippen molar-refractivity contribution in [3.8, 4) is 0 Å². The lowest BCUT2D eigenvalue weighted by atomic mass is 9.76. The maximum atomic E-state index is 14.7. The van der Waals surface area contributed by atoms with Crippen LogP contribution in [0.2, 0.25) is 0 Å². The fraction of sp³-hybridized carbons (Fsp3) is 0.769. The largest absolute Gasteiger partial charge is 0.385 e. The number of likely N-dealkylation sites (tertiary alicyclic amines) is 1. The van der Waals surface area contributed by atoms with Gasteiger partial charge in [-0.1, -0.05) is 59.8 Å². The second-order valence-corrected chi connectivity index (χ2v) is 16.6. The predicted octanol–water partition coefficient (Wildman–Crippen LogP) is 5.51. The van der Waals surface area contributed by atoms with Gasteiger partial charge in [-0.3, -0.25) is 29.0 Å². The number of fused-ring (bicyclic) bond motifs is 1. The normalized spacial score (nSPS) is 25.2. The Morgan fingerprint density at radius 3 is 2.33 bits per heavy atom. The molecule has 4 fully saturated rings. The standard InChI is InChI=1S/C39H58N4O6/c1-5-10-26(35(47)33(46)19-24-15-16-24)20-32(45)34-28-14-9-13-27(28)23-43(34)38(49)36(39(2,3)4)42-37(48)29(25-11-7-6-8-12-25)21-31(44)30-22-40-17-18-41-30/h17-18,22,24-29,34-36,47H,5-16,19-21,23H2,1-4H3,(H,42,48)/t26-,27+,28+,29+,34+,35?,36-/m1/s1. The number of rotatable bonds is 16. The van der Waals surface area contributed by atoms with Crippen LogP contribution in [0.1, 0.15) is 134 Å². The van der Waals surface area contributed by atoms with Gasteiger partial charge in [0.2, 0.25) is 11.8 Å². The third-order valence-corrected chi connectivity index (χ3v) is 11.8. The zero-order valence-electron chi connectivity index (χ0n) is 30.1. The van der Waals surface area contributed by atoms with Gasteiger partial charge in [-0.2, -0.15) is 0 Å². The second-order valence-electron chi connectivity index (χ2n) is 16.6. The lowest BCUT2D eigenvalue weighted by Gasteiger charge is -2.38. The molecule has 2 N–H and O–H groups in total. The average Bonchev–Trinajstić information content (AvgIpc) is 3.65. The molecule has 0 bridgehead atoms. The maximum absolute atomic E-state index is 14.7. The molecule has 0 spiro atoms. The number of aromatic nitrogens is 2. The predicted molar refractivity (Wildman–Crippen MR) is 185 cm³/mol. The molecule has 1 saturated heterocycles. The summed E-state index contributed by atoms with van der Waals surface area (Å²) in [5, 5.41) is 14.2.